The maximum absolute atomic E-state index is 13.1. The van der Waals surface area contributed by atoms with Gasteiger partial charge in [-0.1, -0.05) is 48.5 Å². The van der Waals surface area contributed by atoms with Gasteiger partial charge in [-0.2, -0.15) is 0 Å². The van der Waals surface area contributed by atoms with E-state index in [1.54, 1.807) is 78.9 Å². The Morgan fingerprint density at radius 3 is 2.33 bits per heavy atom. The van der Waals surface area contributed by atoms with E-state index in [1.807, 2.05) is 0 Å². The van der Waals surface area contributed by atoms with Crippen molar-refractivity contribution in [2.24, 2.45) is 0 Å². The number of anilines is 1. The van der Waals surface area contributed by atoms with E-state index in [2.05, 4.69) is 20.3 Å². The molecule has 4 atom stereocenters. The van der Waals surface area contributed by atoms with E-state index >= 15 is 0 Å². The summed E-state index contributed by atoms with van der Waals surface area (Å²) in [6, 6.07) is 23.0. The average molecular weight is 611 g/mol. The molecule has 0 aliphatic carbocycles. The van der Waals surface area contributed by atoms with Gasteiger partial charge in [0.2, 0.25) is 0 Å². The van der Waals surface area contributed by atoms with Crippen LogP contribution < -0.4 is 5.32 Å². The number of para-hydroxylation sites is 1. The van der Waals surface area contributed by atoms with Crippen LogP contribution in [0.2, 0.25) is 0 Å². The molecule has 14 nitrogen and oxygen atoms in total. The summed E-state index contributed by atoms with van der Waals surface area (Å²) in [7, 11) is 0. The Balaban J connectivity index is 1.34. The number of amides is 1. The van der Waals surface area contributed by atoms with E-state index in [0.29, 0.717) is 5.56 Å². The van der Waals surface area contributed by atoms with E-state index in [9.17, 15) is 24.8 Å². The number of imidazole rings is 1. The number of hydrogen-bond donors (Lipinski definition) is 2. The lowest BCUT2D eigenvalue weighted by Gasteiger charge is -2.25. The van der Waals surface area contributed by atoms with Gasteiger partial charge in [0.25, 0.3) is 11.6 Å². The highest BCUT2D eigenvalue weighted by molar-refractivity contribution is 6.06. The van der Waals surface area contributed by atoms with Gasteiger partial charge in [0.1, 0.15) is 18.5 Å². The standard InChI is InChI=1S/C31H26N6O8/c38-15-23-25(45-31(40)20-11-5-2-6-12-20)26(43-16-21-13-7-8-14-22(21)37(41)42)30(44-23)36-18-34-24-27(32-17-33-28(24)36)35-29(39)19-9-3-1-4-10-19/h1-14,17-18,23,25-26,30,38H,15-16H2,(H,32,33,35,39)/t23-,25-,26-,30-/m1/s1. The molecule has 0 radical (unpaired) electrons. The zero-order valence-corrected chi connectivity index (χ0v) is 23.5. The second-order valence-corrected chi connectivity index (χ2v) is 10.0. The summed E-state index contributed by atoms with van der Waals surface area (Å²) >= 11 is 0. The van der Waals surface area contributed by atoms with Crippen molar-refractivity contribution >= 4 is 34.5 Å². The van der Waals surface area contributed by atoms with Crippen LogP contribution in [0.4, 0.5) is 11.5 Å². The molecular formula is C31H26N6O8. The molecule has 1 amide bonds. The second kappa shape index (κ2) is 13.0. The topological polar surface area (TPSA) is 181 Å². The molecule has 2 aromatic heterocycles. The Bertz CT molecular complexity index is 1830. The molecule has 0 unspecified atom stereocenters. The number of rotatable bonds is 10. The van der Waals surface area contributed by atoms with Gasteiger partial charge in [0.15, 0.2) is 29.3 Å². The van der Waals surface area contributed by atoms with Crippen molar-refractivity contribution in [3.8, 4) is 0 Å². The molecule has 2 N–H and O–H groups in total. The van der Waals surface area contributed by atoms with Crippen LogP contribution in [0.3, 0.4) is 0 Å². The first-order valence-corrected chi connectivity index (χ1v) is 13.8. The van der Waals surface area contributed by atoms with E-state index in [1.165, 1.54) is 23.3 Å². The zero-order valence-electron chi connectivity index (χ0n) is 23.5. The first kappa shape index (κ1) is 29.5. The van der Waals surface area contributed by atoms with Gasteiger partial charge in [-0.05, 0) is 30.3 Å². The minimum absolute atomic E-state index is 0.147. The molecule has 0 bridgehead atoms. The summed E-state index contributed by atoms with van der Waals surface area (Å²) in [6.07, 6.45) is -1.66. The lowest BCUT2D eigenvalue weighted by Crippen LogP contribution is -2.39. The summed E-state index contributed by atoms with van der Waals surface area (Å²) in [5.41, 5.74) is 1.32. The highest BCUT2D eigenvalue weighted by Crippen LogP contribution is 2.37. The molecule has 228 valence electrons. The maximum atomic E-state index is 13.1. The third-order valence-corrected chi connectivity index (χ3v) is 7.24. The van der Waals surface area contributed by atoms with Crippen molar-refractivity contribution in [1.82, 2.24) is 19.5 Å². The number of carbonyl (C=O) groups excluding carboxylic acids is 2. The molecule has 3 aromatic carbocycles. The number of aliphatic hydroxyl groups excluding tert-OH is 1. The predicted molar refractivity (Wildman–Crippen MR) is 158 cm³/mol. The van der Waals surface area contributed by atoms with E-state index in [0.717, 1.165) is 0 Å². The fraction of sp³-hybridized carbons (Fsp3) is 0.194. The molecule has 1 aliphatic rings. The molecule has 6 rings (SSSR count). The summed E-state index contributed by atoms with van der Waals surface area (Å²) in [5, 5.41) is 24.6. The second-order valence-electron chi connectivity index (χ2n) is 10.0. The summed E-state index contributed by atoms with van der Waals surface area (Å²) in [5.74, 6) is -0.929. The van der Waals surface area contributed by atoms with Crippen LogP contribution in [0, 0.1) is 10.1 Å². The molecule has 45 heavy (non-hydrogen) atoms. The van der Waals surface area contributed by atoms with E-state index in [4.69, 9.17) is 14.2 Å². The van der Waals surface area contributed by atoms with Crippen LogP contribution in [0.15, 0.2) is 97.6 Å². The van der Waals surface area contributed by atoms with Crippen LogP contribution in [0.1, 0.15) is 32.5 Å². The number of fused-ring (bicyclic) bond motifs is 1. The first-order valence-electron chi connectivity index (χ1n) is 13.8. The normalized spacial score (nSPS) is 19.3. The minimum atomic E-state index is -1.13. The zero-order chi connectivity index (χ0) is 31.3. The number of hydrogen-bond acceptors (Lipinski definition) is 11. The van der Waals surface area contributed by atoms with Crippen molar-refractivity contribution in [3.05, 3.63) is 124 Å². The monoisotopic (exact) mass is 610 g/mol. The van der Waals surface area contributed by atoms with Crippen LogP contribution >= 0.6 is 0 Å². The van der Waals surface area contributed by atoms with Crippen molar-refractivity contribution in [1.29, 1.82) is 0 Å². The van der Waals surface area contributed by atoms with Crippen LogP contribution in [0.25, 0.3) is 11.2 Å². The largest absolute Gasteiger partial charge is 0.453 e. The number of aromatic nitrogens is 4. The van der Waals surface area contributed by atoms with Crippen molar-refractivity contribution in [2.45, 2.75) is 31.1 Å². The summed E-state index contributed by atoms with van der Waals surface area (Å²) in [6.45, 7) is -0.770. The number of carbonyl (C=O) groups is 2. The van der Waals surface area contributed by atoms with Gasteiger partial charge < -0.3 is 24.6 Å². The van der Waals surface area contributed by atoms with Crippen molar-refractivity contribution < 1.29 is 33.8 Å². The Morgan fingerprint density at radius 2 is 1.62 bits per heavy atom. The average Bonchev–Trinajstić information content (AvgIpc) is 3.66. The lowest BCUT2D eigenvalue weighted by atomic mass is 10.1. The fourth-order valence-electron chi connectivity index (χ4n) is 5.06. The highest BCUT2D eigenvalue weighted by Gasteiger charge is 2.49. The van der Waals surface area contributed by atoms with Crippen LogP contribution in [-0.2, 0) is 20.8 Å². The minimum Gasteiger partial charge on any atom is -0.453 e. The van der Waals surface area contributed by atoms with Gasteiger partial charge in [0.05, 0.1) is 35.6 Å². The Labute approximate surface area is 255 Å². The number of aliphatic hydroxyl groups is 1. The lowest BCUT2D eigenvalue weighted by molar-refractivity contribution is -0.386. The number of nitrogens with zero attached hydrogens (tertiary/aromatic N) is 5. The van der Waals surface area contributed by atoms with Gasteiger partial charge in [0, 0.05) is 11.6 Å². The number of benzene rings is 3. The Hall–Kier alpha value is -5.57. The van der Waals surface area contributed by atoms with E-state index < -0.39 is 47.9 Å². The molecule has 1 saturated heterocycles. The van der Waals surface area contributed by atoms with Crippen molar-refractivity contribution in [3.63, 3.8) is 0 Å². The predicted octanol–water partition coefficient (Wildman–Crippen LogP) is 3.69. The Morgan fingerprint density at radius 1 is 0.933 bits per heavy atom. The molecule has 1 aliphatic heterocycles. The van der Waals surface area contributed by atoms with Crippen LogP contribution in [0.5, 0.6) is 0 Å². The molecule has 1 fully saturated rings. The SMILES string of the molecule is O=C(Nc1ncnc2c1ncn2[C@@H]1O[C@H](CO)[C@@H](OC(=O)c2ccccc2)[C@H]1OCc1ccccc1[N+](=O)[O-])c1ccccc1. The third-order valence-electron chi connectivity index (χ3n) is 7.24. The third kappa shape index (κ3) is 6.10. The first-order chi connectivity index (χ1) is 21.9. The fourth-order valence-corrected chi connectivity index (χ4v) is 5.06. The number of nitrogens with one attached hydrogen (secondary N) is 1. The Kier molecular flexibility index (Phi) is 8.50. The molecule has 14 heteroatoms. The van der Waals surface area contributed by atoms with Gasteiger partial charge in [-0.25, -0.2) is 19.7 Å². The van der Waals surface area contributed by atoms with Crippen molar-refractivity contribution in [2.75, 3.05) is 11.9 Å². The molecule has 0 spiro atoms. The molecule has 0 saturated carbocycles. The summed E-state index contributed by atoms with van der Waals surface area (Å²) in [4.78, 5) is 50.0. The number of nitro groups is 1. The van der Waals surface area contributed by atoms with Gasteiger partial charge in [-0.3, -0.25) is 19.5 Å². The van der Waals surface area contributed by atoms with Gasteiger partial charge >= 0.3 is 5.97 Å². The maximum Gasteiger partial charge on any atom is 0.338 e. The van der Waals surface area contributed by atoms with Gasteiger partial charge in [-0.15, -0.1) is 0 Å². The summed E-state index contributed by atoms with van der Waals surface area (Å²) < 4.78 is 19.7. The quantitative estimate of drug-likeness (QED) is 0.134. The number of nitro benzene ring substituents is 1. The number of ether oxygens (including phenoxy) is 3. The smallest absolute Gasteiger partial charge is 0.338 e. The highest BCUT2D eigenvalue weighted by atomic mass is 16.6. The molecule has 5 aromatic rings. The van der Waals surface area contributed by atoms with E-state index in [-0.39, 0.29) is 40.4 Å². The molecular weight excluding hydrogens is 584 g/mol. The molecule has 3 heterocycles. The van der Waals surface area contributed by atoms with Crippen LogP contribution in [-0.4, -0.2) is 66.3 Å². The number of esters is 1.